The van der Waals surface area contributed by atoms with Crippen LogP contribution in [0.1, 0.15) is 60.6 Å². The van der Waals surface area contributed by atoms with Gasteiger partial charge in [0.2, 0.25) is 11.8 Å². The topological polar surface area (TPSA) is 98.7 Å². The molecular weight excluding hydrogens is 450 g/mol. The summed E-state index contributed by atoms with van der Waals surface area (Å²) in [6.45, 7) is 7.52. The van der Waals surface area contributed by atoms with E-state index in [0.717, 1.165) is 5.56 Å². The molecule has 0 unspecified atom stereocenters. The van der Waals surface area contributed by atoms with Gasteiger partial charge in [-0.3, -0.25) is 14.4 Å². The number of amides is 3. The van der Waals surface area contributed by atoms with Gasteiger partial charge in [0.05, 0.1) is 12.6 Å². The van der Waals surface area contributed by atoms with Gasteiger partial charge in [-0.05, 0) is 37.0 Å². The van der Waals surface area contributed by atoms with E-state index in [4.69, 9.17) is 0 Å². The summed E-state index contributed by atoms with van der Waals surface area (Å²) in [5, 5.41) is 15.2. The van der Waals surface area contributed by atoms with E-state index in [-0.39, 0.29) is 29.7 Å². The highest BCUT2D eigenvalue weighted by Gasteiger charge is 2.57. The number of nitrogens with one attached hydrogen (secondary N) is 2. The molecule has 8 heteroatoms. The van der Waals surface area contributed by atoms with E-state index in [0.29, 0.717) is 11.1 Å². The van der Waals surface area contributed by atoms with Crippen LogP contribution in [0.25, 0.3) is 0 Å². The minimum atomic E-state index is -0.957. The van der Waals surface area contributed by atoms with E-state index in [9.17, 15) is 19.5 Å². The number of benzene rings is 2. The molecule has 1 saturated heterocycles. The maximum atomic E-state index is 13.7. The molecule has 2 aliphatic heterocycles. The number of carbonyl (C=O) groups excluding carboxylic acids is 3. The molecular formula is C26H31N3O4S. The average molecular weight is 482 g/mol. The zero-order chi connectivity index (χ0) is 24.6. The zero-order valence-corrected chi connectivity index (χ0v) is 20.6. The van der Waals surface area contributed by atoms with Crippen molar-refractivity contribution >= 4 is 29.5 Å². The molecule has 0 bridgehead atoms. The predicted octanol–water partition coefficient (Wildman–Crippen LogP) is 3.03. The lowest BCUT2D eigenvalue weighted by atomic mass is 9.98. The highest BCUT2D eigenvalue weighted by atomic mass is 32.2. The van der Waals surface area contributed by atoms with Crippen molar-refractivity contribution in [1.82, 2.24) is 15.5 Å². The molecule has 0 saturated carbocycles. The van der Waals surface area contributed by atoms with E-state index in [1.165, 1.54) is 0 Å². The summed E-state index contributed by atoms with van der Waals surface area (Å²) in [5.41, 5.74) is 2.17. The molecule has 34 heavy (non-hydrogen) atoms. The van der Waals surface area contributed by atoms with E-state index in [1.54, 1.807) is 47.0 Å². The molecule has 0 aromatic heterocycles. The fraction of sp³-hybridized carbons (Fsp3) is 0.423. The Hall–Kier alpha value is -2.84. The van der Waals surface area contributed by atoms with E-state index in [1.807, 2.05) is 52.0 Å². The van der Waals surface area contributed by atoms with Gasteiger partial charge in [0, 0.05) is 10.3 Å². The van der Waals surface area contributed by atoms with Gasteiger partial charge in [0.15, 0.2) is 0 Å². The maximum absolute atomic E-state index is 13.7. The number of carbonyl (C=O) groups is 3. The van der Waals surface area contributed by atoms with E-state index < -0.39 is 28.8 Å². The van der Waals surface area contributed by atoms with Crippen molar-refractivity contribution in [3.8, 4) is 0 Å². The van der Waals surface area contributed by atoms with E-state index >= 15 is 0 Å². The number of nitrogens with zero attached hydrogens (tertiary/aromatic N) is 1. The Bertz CT molecular complexity index is 1090. The second-order valence-electron chi connectivity index (χ2n) is 9.67. The summed E-state index contributed by atoms with van der Waals surface area (Å²) in [7, 11) is 0. The summed E-state index contributed by atoms with van der Waals surface area (Å²) < 4.78 is -0.554. The molecule has 2 aromatic rings. The summed E-state index contributed by atoms with van der Waals surface area (Å²) >= 11 is 1.58. The van der Waals surface area contributed by atoms with Crippen molar-refractivity contribution in [2.45, 2.75) is 55.9 Å². The number of aliphatic hydroxyl groups is 1. The predicted molar refractivity (Wildman–Crippen MR) is 132 cm³/mol. The van der Waals surface area contributed by atoms with Crippen molar-refractivity contribution < 1.29 is 19.5 Å². The van der Waals surface area contributed by atoms with Gasteiger partial charge in [0.25, 0.3) is 5.91 Å². The fourth-order valence-electron chi connectivity index (χ4n) is 4.66. The van der Waals surface area contributed by atoms with Gasteiger partial charge < -0.3 is 20.6 Å². The third kappa shape index (κ3) is 4.32. The number of hydrogen-bond donors (Lipinski definition) is 3. The molecule has 4 atom stereocenters. The number of hydrogen-bond acceptors (Lipinski definition) is 5. The van der Waals surface area contributed by atoms with Crippen LogP contribution >= 0.6 is 11.8 Å². The van der Waals surface area contributed by atoms with Crippen LogP contribution in [0.2, 0.25) is 0 Å². The second-order valence-corrected chi connectivity index (χ2v) is 11.4. The largest absolute Gasteiger partial charge is 0.394 e. The first kappa shape index (κ1) is 24.3. The number of thioether (sulfide) groups is 1. The molecule has 4 rings (SSSR count). The Labute approximate surface area is 204 Å². The Morgan fingerprint density at radius 2 is 1.71 bits per heavy atom. The fourth-order valence-corrected chi connectivity index (χ4v) is 6.25. The van der Waals surface area contributed by atoms with Crippen molar-refractivity contribution in [3.05, 3.63) is 71.3 Å². The minimum Gasteiger partial charge on any atom is -0.394 e. The molecule has 7 nitrogen and oxygen atoms in total. The molecule has 1 fully saturated rings. The third-order valence-corrected chi connectivity index (χ3v) is 8.09. The Morgan fingerprint density at radius 1 is 1.06 bits per heavy atom. The van der Waals surface area contributed by atoms with Gasteiger partial charge >= 0.3 is 0 Å². The SMILES string of the molecule is CC(C)[C@@H](CO)NC(=O)[C@@H](NC(=O)[C@@H]1N2C(=O)c3ccccc3[C@@H]2SC1(C)C)c1ccccc1. The minimum absolute atomic E-state index is 0.0210. The van der Waals surface area contributed by atoms with Crippen molar-refractivity contribution in [2.75, 3.05) is 6.61 Å². The maximum Gasteiger partial charge on any atom is 0.256 e. The van der Waals surface area contributed by atoms with Crippen LogP contribution in [0, 0.1) is 5.92 Å². The standard InChI is InChI=1S/C26H31N3O4S/c1-15(2)19(14-30)27-22(31)20(16-10-6-5-7-11-16)28-23(32)21-26(3,4)34-25-18-13-9-8-12-17(18)24(33)29(21)25/h5-13,15,19-21,25,30H,14H2,1-4H3,(H,27,31)(H,28,32)/t19-,20+,21+,25+/m1/s1. The zero-order valence-electron chi connectivity index (χ0n) is 19.8. The lowest BCUT2D eigenvalue weighted by Gasteiger charge is -2.31. The van der Waals surface area contributed by atoms with Gasteiger partial charge in [-0.25, -0.2) is 0 Å². The smallest absolute Gasteiger partial charge is 0.256 e. The monoisotopic (exact) mass is 481 g/mol. The van der Waals surface area contributed by atoms with E-state index in [2.05, 4.69) is 10.6 Å². The lowest BCUT2D eigenvalue weighted by Crippen LogP contribution is -2.55. The molecule has 3 amide bonds. The van der Waals surface area contributed by atoms with Crippen LogP contribution in [0.15, 0.2) is 54.6 Å². The molecule has 0 spiro atoms. The molecule has 0 radical (unpaired) electrons. The first-order chi connectivity index (χ1) is 16.2. The van der Waals surface area contributed by atoms with Crippen molar-refractivity contribution in [2.24, 2.45) is 5.92 Å². The van der Waals surface area contributed by atoms with Crippen LogP contribution in [0.3, 0.4) is 0 Å². The van der Waals surface area contributed by atoms with Crippen LogP contribution in [0.5, 0.6) is 0 Å². The Balaban J connectivity index is 1.62. The second kappa shape index (κ2) is 9.43. The van der Waals surface area contributed by atoms with Crippen LogP contribution < -0.4 is 10.6 Å². The van der Waals surface area contributed by atoms with Gasteiger partial charge in [0.1, 0.15) is 17.5 Å². The Morgan fingerprint density at radius 3 is 2.35 bits per heavy atom. The first-order valence-corrected chi connectivity index (χ1v) is 12.4. The molecule has 2 aromatic carbocycles. The first-order valence-electron chi connectivity index (χ1n) is 11.5. The number of aliphatic hydroxyl groups excluding tert-OH is 1. The quantitative estimate of drug-likeness (QED) is 0.565. The molecule has 180 valence electrons. The summed E-state index contributed by atoms with van der Waals surface area (Å²) in [6, 6.07) is 14.3. The highest BCUT2D eigenvalue weighted by molar-refractivity contribution is 8.01. The average Bonchev–Trinajstić information content (AvgIpc) is 3.24. The highest BCUT2D eigenvalue weighted by Crippen LogP contribution is 2.56. The number of rotatable bonds is 7. The summed E-state index contributed by atoms with van der Waals surface area (Å²) in [4.78, 5) is 41.9. The van der Waals surface area contributed by atoms with Crippen LogP contribution in [0.4, 0.5) is 0 Å². The van der Waals surface area contributed by atoms with Crippen LogP contribution in [-0.4, -0.2) is 51.2 Å². The van der Waals surface area contributed by atoms with Gasteiger partial charge in [-0.15, -0.1) is 11.8 Å². The normalized spacial score (nSPS) is 22.2. The molecule has 2 heterocycles. The summed E-state index contributed by atoms with van der Waals surface area (Å²) in [5.74, 6) is -0.925. The van der Waals surface area contributed by atoms with Gasteiger partial charge in [-0.2, -0.15) is 0 Å². The number of fused-ring (bicyclic) bond motifs is 3. The summed E-state index contributed by atoms with van der Waals surface area (Å²) in [6.07, 6.45) is 0. The van der Waals surface area contributed by atoms with Crippen LogP contribution in [-0.2, 0) is 9.59 Å². The lowest BCUT2D eigenvalue weighted by molar-refractivity contribution is -0.132. The Kier molecular flexibility index (Phi) is 6.73. The van der Waals surface area contributed by atoms with Crippen molar-refractivity contribution in [3.63, 3.8) is 0 Å². The molecule has 2 aliphatic rings. The molecule has 3 N–H and O–H groups in total. The third-order valence-electron chi connectivity index (χ3n) is 6.56. The molecule has 0 aliphatic carbocycles. The van der Waals surface area contributed by atoms with Crippen molar-refractivity contribution in [1.29, 1.82) is 0 Å². The van der Waals surface area contributed by atoms with Gasteiger partial charge in [-0.1, -0.05) is 62.4 Å².